The van der Waals surface area contributed by atoms with Gasteiger partial charge in [-0.15, -0.1) is 0 Å². The minimum Gasteiger partial charge on any atom is -0.443 e. The number of carbonyl (C=O) groups is 1. The van der Waals surface area contributed by atoms with Crippen LogP contribution in [-0.4, -0.2) is 26.9 Å². The highest BCUT2D eigenvalue weighted by Gasteiger charge is 2.17. The Morgan fingerprint density at radius 3 is 2.47 bits per heavy atom. The molecule has 1 aromatic carbocycles. The van der Waals surface area contributed by atoms with E-state index in [-0.39, 0.29) is 4.90 Å². The highest BCUT2D eigenvalue weighted by atomic mass is 32.2. The standard InChI is InChI=1S/C11H11NO4S/c1-9-3-5-10(6-4-9)17(14,15)8-16-11(13)7-12-2/h3-6H,7-8H2,1H3. The molecule has 0 spiro atoms. The summed E-state index contributed by atoms with van der Waals surface area (Å²) in [4.78, 5) is 13.8. The second kappa shape index (κ2) is 5.46. The fraction of sp³-hybridized carbons (Fsp3) is 0.273. The Balaban J connectivity index is 2.73. The lowest BCUT2D eigenvalue weighted by atomic mass is 10.2. The minimum atomic E-state index is -3.64. The molecule has 0 radical (unpaired) electrons. The lowest BCUT2D eigenvalue weighted by Crippen LogP contribution is -2.15. The maximum Gasteiger partial charge on any atom is 0.388 e. The molecule has 0 aliphatic carbocycles. The fourth-order valence-corrected chi connectivity index (χ4v) is 2.04. The number of sulfone groups is 1. The topological polar surface area (TPSA) is 64.8 Å². The van der Waals surface area contributed by atoms with Crippen LogP contribution in [0.3, 0.4) is 0 Å². The third-order valence-corrected chi connectivity index (χ3v) is 3.38. The van der Waals surface area contributed by atoms with Gasteiger partial charge in [-0.05, 0) is 19.1 Å². The lowest BCUT2D eigenvalue weighted by molar-refractivity contribution is -0.139. The number of esters is 1. The Bertz CT molecular complexity index is 540. The fourth-order valence-electron chi connectivity index (χ4n) is 1.07. The van der Waals surface area contributed by atoms with Crippen molar-refractivity contribution in [3.8, 4) is 0 Å². The summed E-state index contributed by atoms with van der Waals surface area (Å²) < 4.78 is 27.9. The molecule has 0 fully saturated rings. The van der Waals surface area contributed by atoms with Gasteiger partial charge in [0.25, 0.3) is 0 Å². The van der Waals surface area contributed by atoms with Gasteiger partial charge in [-0.1, -0.05) is 17.7 Å². The summed E-state index contributed by atoms with van der Waals surface area (Å²) in [7, 11) is -3.64. The lowest BCUT2D eigenvalue weighted by Gasteiger charge is -2.04. The summed E-state index contributed by atoms with van der Waals surface area (Å²) in [6.45, 7) is 7.80. The van der Waals surface area contributed by atoms with Crippen molar-refractivity contribution in [1.82, 2.24) is 0 Å². The van der Waals surface area contributed by atoms with Crippen LogP contribution in [0.4, 0.5) is 0 Å². The van der Waals surface area contributed by atoms with Crippen molar-refractivity contribution in [2.24, 2.45) is 0 Å². The van der Waals surface area contributed by atoms with Gasteiger partial charge < -0.3 is 9.58 Å². The molecule has 1 rings (SSSR count). The van der Waals surface area contributed by atoms with Crippen LogP contribution in [-0.2, 0) is 19.4 Å². The van der Waals surface area contributed by atoms with Gasteiger partial charge in [-0.2, -0.15) is 0 Å². The Morgan fingerprint density at radius 1 is 1.35 bits per heavy atom. The van der Waals surface area contributed by atoms with E-state index in [4.69, 9.17) is 6.57 Å². The van der Waals surface area contributed by atoms with Crippen LogP contribution < -0.4 is 0 Å². The third kappa shape index (κ3) is 3.89. The van der Waals surface area contributed by atoms with Crippen LogP contribution in [0.15, 0.2) is 29.2 Å². The molecular weight excluding hydrogens is 242 g/mol. The second-order valence-corrected chi connectivity index (χ2v) is 5.31. The van der Waals surface area contributed by atoms with Crippen LogP contribution in [0.2, 0.25) is 0 Å². The summed E-state index contributed by atoms with van der Waals surface area (Å²) in [6, 6.07) is 6.22. The first-order valence-electron chi connectivity index (χ1n) is 4.74. The molecule has 6 heteroatoms. The average molecular weight is 253 g/mol. The maximum atomic E-state index is 11.7. The molecule has 17 heavy (non-hydrogen) atoms. The molecule has 0 atom stereocenters. The molecule has 0 aliphatic heterocycles. The van der Waals surface area contributed by atoms with Crippen molar-refractivity contribution in [1.29, 1.82) is 0 Å². The van der Waals surface area contributed by atoms with Crippen molar-refractivity contribution >= 4 is 15.8 Å². The summed E-state index contributed by atoms with van der Waals surface area (Å²) in [5.41, 5.74) is 0.939. The first-order valence-corrected chi connectivity index (χ1v) is 6.39. The normalized spacial score (nSPS) is 10.6. The zero-order valence-corrected chi connectivity index (χ0v) is 10.0. The number of nitrogens with zero attached hydrogens (tertiary/aromatic N) is 1. The summed E-state index contributed by atoms with van der Waals surface area (Å²) in [6.07, 6.45) is 0. The first-order chi connectivity index (χ1) is 7.95. The summed E-state index contributed by atoms with van der Waals surface area (Å²) in [5.74, 6) is -1.57. The molecule has 0 amide bonds. The highest BCUT2D eigenvalue weighted by molar-refractivity contribution is 7.91. The van der Waals surface area contributed by atoms with E-state index in [0.29, 0.717) is 0 Å². The number of rotatable bonds is 4. The van der Waals surface area contributed by atoms with Crippen LogP contribution in [0.25, 0.3) is 4.85 Å². The van der Waals surface area contributed by atoms with Crippen LogP contribution in [0.5, 0.6) is 0 Å². The number of aryl methyl sites for hydroxylation is 1. The minimum absolute atomic E-state index is 0.0960. The monoisotopic (exact) mass is 253 g/mol. The zero-order valence-electron chi connectivity index (χ0n) is 9.21. The van der Waals surface area contributed by atoms with E-state index in [9.17, 15) is 13.2 Å². The van der Waals surface area contributed by atoms with E-state index in [2.05, 4.69) is 9.58 Å². The van der Waals surface area contributed by atoms with Gasteiger partial charge >= 0.3 is 12.5 Å². The van der Waals surface area contributed by atoms with Crippen LogP contribution >= 0.6 is 0 Å². The number of benzene rings is 1. The molecule has 0 N–H and O–H groups in total. The molecule has 0 heterocycles. The first kappa shape index (κ1) is 13.2. The van der Waals surface area contributed by atoms with Crippen molar-refractivity contribution in [2.45, 2.75) is 11.8 Å². The molecular formula is C11H11NO4S. The van der Waals surface area contributed by atoms with E-state index in [1.807, 2.05) is 6.92 Å². The summed E-state index contributed by atoms with van der Waals surface area (Å²) in [5, 5.41) is 0. The van der Waals surface area contributed by atoms with Crippen LogP contribution in [0, 0.1) is 13.5 Å². The third-order valence-electron chi connectivity index (χ3n) is 1.96. The Hall–Kier alpha value is -1.87. The quantitative estimate of drug-likeness (QED) is 0.597. The van der Waals surface area contributed by atoms with E-state index in [0.717, 1.165) is 5.56 Å². The van der Waals surface area contributed by atoms with Gasteiger partial charge in [0.05, 0.1) is 4.90 Å². The van der Waals surface area contributed by atoms with Gasteiger partial charge in [0, 0.05) is 0 Å². The number of hydrogen-bond acceptors (Lipinski definition) is 4. The summed E-state index contributed by atoms with van der Waals surface area (Å²) >= 11 is 0. The second-order valence-electron chi connectivity index (χ2n) is 3.38. The van der Waals surface area contributed by atoms with Crippen molar-refractivity contribution in [2.75, 3.05) is 12.5 Å². The number of ether oxygens (including phenoxy) is 1. The maximum absolute atomic E-state index is 11.7. The predicted octanol–water partition coefficient (Wildman–Crippen LogP) is 1.19. The molecule has 0 saturated heterocycles. The van der Waals surface area contributed by atoms with Crippen molar-refractivity contribution in [3.63, 3.8) is 0 Å². The predicted molar refractivity (Wildman–Crippen MR) is 60.8 cm³/mol. The largest absolute Gasteiger partial charge is 0.443 e. The molecule has 0 saturated carbocycles. The molecule has 5 nitrogen and oxygen atoms in total. The highest BCUT2D eigenvalue weighted by Crippen LogP contribution is 2.12. The van der Waals surface area contributed by atoms with E-state index in [1.165, 1.54) is 12.1 Å². The van der Waals surface area contributed by atoms with Crippen molar-refractivity contribution < 1.29 is 17.9 Å². The Kier molecular flexibility index (Phi) is 4.24. The van der Waals surface area contributed by atoms with Crippen LogP contribution in [0.1, 0.15) is 5.56 Å². The van der Waals surface area contributed by atoms with Crippen molar-refractivity contribution in [3.05, 3.63) is 41.2 Å². The van der Waals surface area contributed by atoms with E-state index >= 15 is 0 Å². The number of hydrogen-bond donors (Lipinski definition) is 0. The Labute approximate surface area is 99.8 Å². The molecule has 1 aromatic rings. The van der Waals surface area contributed by atoms with Gasteiger partial charge in [0.2, 0.25) is 9.84 Å². The molecule has 0 aliphatic rings. The molecule has 90 valence electrons. The Morgan fingerprint density at radius 2 is 1.94 bits per heavy atom. The van der Waals surface area contributed by atoms with E-state index in [1.54, 1.807) is 12.1 Å². The molecule has 0 aromatic heterocycles. The zero-order chi connectivity index (χ0) is 12.9. The number of carbonyl (C=O) groups excluding carboxylic acids is 1. The molecule has 0 unspecified atom stereocenters. The molecule has 0 bridgehead atoms. The smallest absolute Gasteiger partial charge is 0.388 e. The van der Waals surface area contributed by atoms with Gasteiger partial charge in [0.1, 0.15) is 0 Å². The SMILES string of the molecule is [C-]#[N+]CC(=O)OCS(=O)(=O)c1ccc(C)cc1. The van der Waals surface area contributed by atoms with Gasteiger partial charge in [-0.3, -0.25) is 0 Å². The van der Waals surface area contributed by atoms with E-state index < -0.39 is 28.3 Å². The average Bonchev–Trinajstić information content (AvgIpc) is 2.28. The van der Waals surface area contributed by atoms with Gasteiger partial charge in [-0.25, -0.2) is 19.8 Å². The van der Waals surface area contributed by atoms with Gasteiger partial charge in [0.15, 0.2) is 5.94 Å².